The lowest BCUT2D eigenvalue weighted by atomic mass is 10.3. The first-order valence-corrected chi connectivity index (χ1v) is 7.91. The second-order valence-corrected chi connectivity index (χ2v) is 6.40. The van der Waals surface area contributed by atoms with Crippen LogP contribution in [0.15, 0.2) is 38.8 Å². The third-order valence-corrected chi connectivity index (χ3v) is 4.22. The first-order chi connectivity index (χ1) is 10.7. The molecule has 10 heteroatoms. The van der Waals surface area contributed by atoms with Crippen LogP contribution in [-0.2, 0) is 14.8 Å². The first-order valence-electron chi connectivity index (χ1n) is 6.43. The summed E-state index contributed by atoms with van der Waals surface area (Å²) in [5.74, 6) is -0.283. The normalized spacial score (nSPS) is 11.0. The molecule has 122 valence electrons. The maximum absolute atomic E-state index is 12.3. The summed E-state index contributed by atoms with van der Waals surface area (Å²) in [6.07, 6.45) is 0. The Bertz CT molecular complexity index is 957. The van der Waals surface area contributed by atoms with Crippen LogP contribution in [0.4, 0.5) is 11.4 Å². The summed E-state index contributed by atoms with van der Waals surface area (Å²) >= 11 is 0. The van der Waals surface area contributed by atoms with Gasteiger partial charge in [0.1, 0.15) is 5.69 Å². The average Bonchev–Trinajstić information content (AvgIpc) is 2.43. The second-order valence-electron chi connectivity index (χ2n) is 4.72. The van der Waals surface area contributed by atoms with E-state index in [-0.39, 0.29) is 22.2 Å². The van der Waals surface area contributed by atoms with Crippen LogP contribution in [0.5, 0.6) is 0 Å². The number of nitrogens with one attached hydrogen (secondary N) is 4. The molecule has 1 aromatic carbocycles. The van der Waals surface area contributed by atoms with Crippen molar-refractivity contribution in [3.05, 3.63) is 50.8 Å². The molecule has 0 aliphatic rings. The van der Waals surface area contributed by atoms with E-state index in [0.717, 1.165) is 0 Å². The van der Waals surface area contributed by atoms with Gasteiger partial charge in [0, 0.05) is 18.3 Å². The third kappa shape index (κ3) is 3.86. The first kappa shape index (κ1) is 16.5. The van der Waals surface area contributed by atoms with Gasteiger partial charge in [-0.3, -0.25) is 19.3 Å². The number of H-pyrrole nitrogens is 2. The van der Waals surface area contributed by atoms with E-state index in [1.54, 1.807) is 0 Å². The molecule has 9 nitrogen and oxygen atoms in total. The van der Waals surface area contributed by atoms with Crippen molar-refractivity contribution >= 4 is 27.3 Å². The molecule has 1 amide bonds. The van der Waals surface area contributed by atoms with Gasteiger partial charge in [-0.25, -0.2) is 13.2 Å². The number of benzene rings is 1. The summed E-state index contributed by atoms with van der Waals surface area (Å²) in [5.41, 5.74) is -1.30. The van der Waals surface area contributed by atoms with Gasteiger partial charge in [-0.2, -0.15) is 0 Å². The monoisotopic (exact) mass is 338 g/mol. The third-order valence-electron chi connectivity index (χ3n) is 2.85. The number of amides is 1. The highest BCUT2D eigenvalue weighted by molar-refractivity contribution is 7.92. The quantitative estimate of drug-likeness (QED) is 0.627. The second kappa shape index (κ2) is 6.08. The van der Waals surface area contributed by atoms with Crippen molar-refractivity contribution < 1.29 is 13.2 Å². The van der Waals surface area contributed by atoms with Crippen molar-refractivity contribution in [1.29, 1.82) is 0 Å². The van der Waals surface area contributed by atoms with Crippen LogP contribution in [0.2, 0.25) is 0 Å². The molecule has 4 N–H and O–H groups in total. The Morgan fingerprint density at radius 3 is 2.22 bits per heavy atom. The Morgan fingerprint density at radius 2 is 1.70 bits per heavy atom. The fourth-order valence-electron chi connectivity index (χ4n) is 1.84. The lowest BCUT2D eigenvalue weighted by Crippen LogP contribution is -2.28. The predicted molar refractivity (Wildman–Crippen MR) is 84.0 cm³/mol. The van der Waals surface area contributed by atoms with Crippen molar-refractivity contribution in [3.8, 4) is 0 Å². The van der Waals surface area contributed by atoms with Gasteiger partial charge in [0.15, 0.2) is 0 Å². The number of aromatic nitrogens is 2. The number of carbonyl (C=O) groups is 1. The number of aromatic amines is 2. The van der Waals surface area contributed by atoms with Gasteiger partial charge < -0.3 is 10.3 Å². The molecule has 0 saturated carbocycles. The fourth-order valence-corrected chi connectivity index (χ4v) is 2.96. The smallest absolute Gasteiger partial charge is 0.326 e. The zero-order valence-electron chi connectivity index (χ0n) is 12.3. The van der Waals surface area contributed by atoms with E-state index >= 15 is 0 Å². The van der Waals surface area contributed by atoms with Crippen molar-refractivity contribution in [3.63, 3.8) is 0 Å². The topological polar surface area (TPSA) is 141 Å². The van der Waals surface area contributed by atoms with Crippen molar-refractivity contribution in [2.45, 2.75) is 18.7 Å². The molecule has 0 spiro atoms. The molecule has 0 radical (unpaired) electrons. The van der Waals surface area contributed by atoms with Crippen LogP contribution < -0.4 is 21.3 Å². The average molecular weight is 338 g/mol. The largest absolute Gasteiger partial charge is 0.326 e. The van der Waals surface area contributed by atoms with E-state index < -0.39 is 21.3 Å². The van der Waals surface area contributed by atoms with Crippen LogP contribution in [0.1, 0.15) is 12.6 Å². The Kier molecular flexibility index (Phi) is 4.36. The fraction of sp³-hybridized carbons (Fsp3) is 0.154. The van der Waals surface area contributed by atoms with Crippen molar-refractivity contribution in [1.82, 2.24) is 9.97 Å². The number of rotatable bonds is 4. The van der Waals surface area contributed by atoms with E-state index in [1.165, 1.54) is 38.1 Å². The lowest BCUT2D eigenvalue weighted by molar-refractivity contribution is -0.114. The molecule has 2 aromatic rings. The molecule has 2 rings (SSSR count). The van der Waals surface area contributed by atoms with Crippen LogP contribution >= 0.6 is 0 Å². The molecule has 1 heterocycles. The summed E-state index contributed by atoms with van der Waals surface area (Å²) in [6, 6.07) is 5.39. The molecular formula is C13H14N4O5S. The Balaban J connectivity index is 2.34. The number of hydrogen-bond acceptors (Lipinski definition) is 5. The van der Waals surface area contributed by atoms with E-state index in [4.69, 9.17) is 0 Å². The van der Waals surface area contributed by atoms with E-state index in [1.807, 2.05) is 4.98 Å². The minimum Gasteiger partial charge on any atom is -0.326 e. The molecule has 0 bridgehead atoms. The molecule has 0 fully saturated rings. The van der Waals surface area contributed by atoms with Crippen LogP contribution in [0.3, 0.4) is 0 Å². The predicted octanol–water partition coefficient (Wildman–Crippen LogP) is 0.131. The SMILES string of the molecule is CC(=O)Nc1ccc(S(=O)(=O)Nc2c(C)[nH]c(=O)[nH]c2=O)cc1. The number of anilines is 2. The minimum atomic E-state index is -4.02. The minimum absolute atomic E-state index is 0.0946. The summed E-state index contributed by atoms with van der Waals surface area (Å²) in [6.45, 7) is 2.73. The number of sulfonamides is 1. The summed E-state index contributed by atoms with van der Waals surface area (Å²) in [5, 5.41) is 2.51. The van der Waals surface area contributed by atoms with E-state index in [0.29, 0.717) is 5.69 Å². The zero-order valence-corrected chi connectivity index (χ0v) is 13.1. The van der Waals surface area contributed by atoms with Crippen LogP contribution in [-0.4, -0.2) is 24.3 Å². The molecule has 0 saturated heterocycles. The molecule has 0 atom stereocenters. The Hall–Kier alpha value is -2.88. The zero-order chi connectivity index (χ0) is 17.2. The van der Waals surface area contributed by atoms with Gasteiger partial charge in [-0.15, -0.1) is 0 Å². The standard InChI is InChI=1S/C13H14N4O5S/c1-7-11(12(19)16-13(20)14-7)17-23(21,22)10-5-3-9(4-6-10)15-8(2)18/h3-6,17H,1-2H3,(H,15,18)(H2,14,16,19,20). The van der Waals surface area contributed by atoms with Gasteiger partial charge >= 0.3 is 5.69 Å². The number of carbonyl (C=O) groups excluding carboxylic acids is 1. The summed E-state index contributed by atoms with van der Waals surface area (Å²) < 4.78 is 26.7. The summed E-state index contributed by atoms with van der Waals surface area (Å²) in [7, 11) is -4.02. The van der Waals surface area contributed by atoms with Gasteiger partial charge in [-0.1, -0.05) is 0 Å². The molecular weight excluding hydrogens is 324 g/mol. The molecule has 0 aliphatic carbocycles. The van der Waals surface area contributed by atoms with Crippen molar-refractivity contribution in [2.75, 3.05) is 10.0 Å². The highest BCUT2D eigenvalue weighted by atomic mass is 32.2. The summed E-state index contributed by atoms with van der Waals surface area (Å²) in [4.78, 5) is 37.9. The van der Waals surface area contributed by atoms with E-state index in [9.17, 15) is 22.8 Å². The van der Waals surface area contributed by atoms with Crippen LogP contribution in [0, 0.1) is 6.92 Å². The Labute approximate surface area is 130 Å². The highest BCUT2D eigenvalue weighted by Gasteiger charge is 2.18. The van der Waals surface area contributed by atoms with Gasteiger partial charge in [-0.05, 0) is 31.2 Å². The maximum atomic E-state index is 12.3. The van der Waals surface area contributed by atoms with Gasteiger partial charge in [0.2, 0.25) is 5.91 Å². The van der Waals surface area contributed by atoms with Gasteiger partial charge in [0.05, 0.1) is 4.90 Å². The van der Waals surface area contributed by atoms with E-state index in [2.05, 4.69) is 15.0 Å². The molecule has 0 unspecified atom stereocenters. The highest BCUT2D eigenvalue weighted by Crippen LogP contribution is 2.17. The van der Waals surface area contributed by atoms with Crippen molar-refractivity contribution in [2.24, 2.45) is 0 Å². The Morgan fingerprint density at radius 1 is 1.09 bits per heavy atom. The maximum Gasteiger partial charge on any atom is 0.326 e. The van der Waals surface area contributed by atoms with Gasteiger partial charge in [0.25, 0.3) is 15.6 Å². The lowest BCUT2D eigenvalue weighted by Gasteiger charge is -2.10. The molecule has 1 aromatic heterocycles. The van der Waals surface area contributed by atoms with Crippen LogP contribution in [0.25, 0.3) is 0 Å². The molecule has 0 aliphatic heterocycles. The number of hydrogen-bond donors (Lipinski definition) is 4. The molecule has 23 heavy (non-hydrogen) atoms. The number of aryl methyl sites for hydroxylation is 1.